The molecule has 1 rings (SSSR count). The Labute approximate surface area is 148 Å². The second-order valence-corrected chi connectivity index (χ2v) is 5.70. The van der Waals surface area contributed by atoms with Crippen molar-refractivity contribution in [1.82, 2.24) is 10.2 Å². The van der Waals surface area contributed by atoms with Gasteiger partial charge < -0.3 is 20.1 Å². The Kier molecular flexibility index (Phi) is 8.63. The number of aliphatic carboxylic acids is 1. The average Bonchev–Trinajstić information content (AvgIpc) is 2.62. The quantitative estimate of drug-likeness (QED) is 0.625. The van der Waals surface area contributed by atoms with E-state index >= 15 is 0 Å². The number of nitrogens with one attached hydrogen (secondary N) is 1. The first-order valence-corrected chi connectivity index (χ1v) is 8.32. The molecule has 7 heteroatoms. The molecule has 1 aromatic carbocycles. The van der Waals surface area contributed by atoms with Gasteiger partial charge in [0.1, 0.15) is 0 Å². The summed E-state index contributed by atoms with van der Waals surface area (Å²) in [6.07, 6.45) is 0.612. The number of carbonyl (C=O) groups is 3. The van der Waals surface area contributed by atoms with Gasteiger partial charge in [-0.25, -0.2) is 0 Å². The standard InChI is InChI=1S/C18H26N2O5/c1-4-25-10-6-9-20(12-13(2)18(23)24)17(22)15-8-5-7-14(11-15)16(21)19-3/h5,7-8,11,13H,4,6,9-10,12H2,1-3H3,(H,19,21)(H,23,24). The molecule has 0 heterocycles. The topological polar surface area (TPSA) is 95.9 Å². The van der Waals surface area contributed by atoms with Gasteiger partial charge in [-0.15, -0.1) is 0 Å². The first-order chi connectivity index (χ1) is 11.9. The van der Waals surface area contributed by atoms with Crippen molar-refractivity contribution >= 4 is 17.8 Å². The Morgan fingerprint density at radius 3 is 2.56 bits per heavy atom. The number of carboxylic acids is 1. The number of amides is 2. The van der Waals surface area contributed by atoms with E-state index in [0.717, 1.165) is 0 Å². The SMILES string of the molecule is CCOCCCN(CC(C)C(=O)O)C(=O)c1cccc(C(=O)NC)c1. The van der Waals surface area contributed by atoms with E-state index < -0.39 is 11.9 Å². The molecular weight excluding hydrogens is 324 g/mol. The molecule has 0 aliphatic carbocycles. The van der Waals surface area contributed by atoms with Gasteiger partial charge in [0.25, 0.3) is 11.8 Å². The number of hydrogen-bond acceptors (Lipinski definition) is 4. The maximum absolute atomic E-state index is 12.8. The number of ether oxygens (including phenoxy) is 1. The minimum absolute atomic E-state index is 0.102. The third-order valence-electron chi connectivity index (χ3n) is 3.72. The predicted octanol–water partition coefficient (Wildman–Crippen LogP) is 1.64. The molecule has 0 aromatic heterocycles. The van der Waals surface area contributed by atoms with E-state index in [2.05, 4.69) is 5.32 Å². The minimum atomic E-state index is -0.957. The predicted molar refractivity (Wildman–Crippen MR) is 93.6 cm³/mol. The van der Waals surface area contributed by atoms with E-state index in [4.69, 9.17) is 9.84 Å². The van der Waals surface area contributed by atoms with Crippen LogP contribution >= 0.6 is 0 Å². The summed E-state index contributed by atoms with van der Waals surface area (Å²) in [6, 6.07) is 6.39. The molecule has 0 saturated carbocycles. The van der Waals surface area contributed by atoms with Gasteiger partial charge >= 0.3 is 5.97 Å². The Balaban J connectivity index is 2.93. The summed E-state index contributed by atoms with van der Waals surface area (Å²) in [4.78, 5) is 37.2. The van der Waals surface area contributed by atoms with Crippen molar-refractivity contribution in [3.63, 3.8) is 0 Å². The van der Waals surface area contributed by atoms with Crippen molar-refractivity contribution in [2.24, 2.45) is 5.92 Å². The number of rotatable bonds is 10. The zero-order valence-corrected chi connectivity index (χ0v) is 14.9. The van der Waals surface area contributed by atoms with Gasteiger partial charge in [-0.05, 0) is 31.5 Å². The maximum Gasteiger partial charge on any atom is 0.308 e. The highest BCUT2D eigenvalue weighted by Gasteiger charge is 2.22. The summed E-state index contributed by atoms with van der Waals surface area (Å²) in [5.74, 6) is -2.22. The van der Waals surface area contributed by atoms with Gasteiger partial charge in [0.2, 0.25) is 0 Å². The van der Waals surface area contributed by atoms with Gasteiger partial charge in [0.05, 0.1) is 5.92 Å². The molecule has 1 aromatic rings. The fourth-order valence-corrected chi connectivity index (χ4v) is 2.31. The molecule has 1 unspecified atom stereocenters. The average molecular weight is 350 g/mol. The molecule has 138 valence electrons. The number of hydrogen-bond donors (Lipinski definition) is 2. The molecule has 0 bridgehead atoms. The van der Waals surface area contributed by atoms with Crippen LogP contribution in [0.25, 0.3) is 0 Å². The van der Waals surface area contributed by atoms with Crippen LogP contribution in [-0.4, -0.2) is 61.1 Å². The molecule has 0 aliphatic heterocycles. The Morgan fingerprint density at radius 2 is 1.96 bits per heavy atom. The van der Waals surface area contributed by atoms with E-state index in [-0.39, 0.29) is 18.4 Å². The highest BCUT2D eigenvalue weighted by atomic mass is 16.5. The van der Waals surface area contributed by atoms with Crippen molar-refractivity contribution in [2.45, 2.75) is 20.3 Å². The van der Waals surface area contributed by atoms with Gasteiger partial charge in [0.15, 0.2) is 0 Å². The largest absolute Gasteiger partial charge is 0.481 e. The Morgan fingerprint density at radius 1 is 1.28 bits per heavy atom. The van der Waals surface area contributed by atoms with Crippen molar-refractivity contribution in [3.8, 4) is 0 Å². The van der Waals surface area contributed by atoms with Crippen LogP contribution in [0.5, 0.6) is 0 Å². The van der Waals surface area contributed by atoms with Crippen LogP contribution < -0.4 is 5.32 Å². The third kappa shape index (κ3) is 6.54. The van der Waals surface area contributed by atoms with Crippen LogP contribution in [0.1, 0.15) is 41.0 Å². The summed E-state index contributed by atoms with van der Waals surface area (Å²) in [7, 11) is 1.52. The minimum Gasteiger partial charge on any atom is -0.481 e. The summed E-state index contributed by atoms with van der Waals surface area (Å²) in [6.45, 7) is 5.03. The molecule has 0 saturated heterocycles. The van der Waals surface area contributed by atoms with Gasteiger partial charge in [-0.3, -0.25) is 14.4 Å². The van der Waals surface area contributed by atoms with Crippen LogP contribution in [0.2, 0.25) is 0 Å². The van der Waals surface area contributed by atoms with Gasteiger partial charge in [0, 0.05) is 44.5 Å². The lowest BCUT2D eigenvalue weighted by Crippen LogP contribution is -2.38. The zero-order valence-electron chi connectivity index (χ0n) is 14.9. The first kappa shape index (κ1) is 20.6. The van der Waals surface area contributed by atoms with E-state index in [1.807, 2.05) is 6.92 Å². The highest BCUT2D eigenvalue weighted by Crippen LogP contribution is 2.12. The van der Waals surface area contributed by atoms with Gasteiger partial charge in [-0.2, -0.15) is 0 Å². The number of carboxylic acid groups (broad SMARTS) is 1. The maximum atomic E-state index is 12.8. The molecule has 25 heavy (non-hydrogen) atoms. The van der Waals surface area contributed by atoms with E-state index in [1.165, 1.54) is 18.0 Å². The molecule has 0 aliphatic rings. The van der Waals surface area contributed by atoms with Crippen LogP contribution in [0, 0.1) is 5.92 Å². The van der Waals surface area contributed by atoms with E-state index in [9.17, 15) is 14.4 Å². The Bertz CT molecular complexity index is 603. The molecule has 0 spiro atoms. The molecule has 7 nitrogen and oxygen atoms in total. The van der Waals surface area contributed by atoms with Crippen LogP contribution in [0.3, 0.4) is 0 Å². The Hall–Kier alpha value is -2.41. The fourth-order valence-electron chi connectivity index (χ4n) is 2.31. The normalized spacial score (nSPS) is 11.6. The van der Waals surface area contributed by atoms with Crippen molar-refractivity contribution in [2.75, 3.05) is 33.4 Å². The molecule has 1 atom stereocenters. The second-order valence-electron chi connectivity index (χ2n) is 5.70. The van der Waals surface area contributed by atoms with Crippen molar-refractivity contribution < 1.29 is 24.2 Å². The van der Waals surface area contributed by atoms with Crippen LogP contribution in [0.4, 0.5) is 0 Å². The smallest absolute Gasteiger partial charge is 0.308 e. The summed E-state index contributed by atoms with van der Waals surface area (Å²) in [5.41, 5.74) is 0.740. The number of benzene rings is 1. The van der Waals surface area contributed by atoms with E-state index in [0.29, 0.717) is 37.3 Å². The number of carbonyl (C=O) groups excluding carboxylic acids is 2. The van der Waals surface area contributed by atoms with Gasteiger partial charge in [-0.1, -0.05) is 13.0 Å². The molecular formula is C18H26N2O5. The second kappa shape index (κ2) is 10.5. The zero-order chi connectivity index (χ0) is 18.8. The molecule has 0 radical (unpaired) electrons. The van der Waals surface area contributed by atoms with Crippen molar-refractivity contribution in [1.29, 1.82) is 0 Å². The number of nitrogens with zero attached hydrogens (tertiary/aromatic N) is 1. The highest BCUT2D eigenvalue weighted by molar-refractivity contribution is 5.99. The first-order valence-electron chi connectivity index (χ1n) is 8.32. The van der Waals surface area contributed by atoms with Crippen LogP contribution in [0.15, 0.2) is 24.3 Å². The molecule has 0 fully saturated rings. The molecule has 2 N–H and O–H groups in total. The lowest BCUT2D eigenvalue weighted by atomic mass is 10.1. The summed E-state index contributed by atoms with van der Waals surface area (Å²) < 4.78 is 5.28. The monoisotopic (exact) mass is 350 g/mol. The fraction of sp³-hybridized carbons (Fsp3) is 0.500. The van der Waals surface area contributed by atoms with E-state index in [1.54, 1.807) is 25.1 Å². The summed E-state index contributed by atoms with van der Waals surface area (Å²) in [5, 5.41) is 11.6. The van der Waals surface area contributed by atoms with Crippen LogP contribution in [-0.2, 0) is 9.53 Å². The van der Waals surface area contributed by atoms with Crippen molar-refractivity contribution in [3.05, 3.63) is 35.4 Å². The third-order valence-corrected chi connectivity index (χ3v) is 3.72. The summed E-state index contributed by atoms with van der Waals surface area (Å²) >= 11 is 0. The lowest BCUT2D eigenvalue weighted by molar-refractivity contribution is -0.141. The lowest BCUT2D eigenvalue weighted by Gasteiger charge is -2.25. The molecule has 2 amide bonds.